The van der Waals surface area contributed by atoms with Crippen LogP contribution in [0.4, 0.5) is 0 Å². The highest BCUT2D eigenvalue weighted by Crippen LogP contribution is 2.16. The van der Waals surface area contributed by atoms with Gasteiger partial charge in [-0.2, -0.15) is 0 Å². The van der Waals surface area contributed by atoms with Crippen molar-refractivity contribution >= 4 is 0 Å². The minimum Gasteiger partial charge on any atom is -0.379 e. The smallest absolute Gasteiger partial charge is 0.102 e. The summed E-state index contributed by atoms with van der Waals surface area (Å²) >= 11 is 0. The Kier molecular flexibility index (Phi) is 4.15. The molecule has 1 aliphatic rings. The SMILES string of the molecule is CC(O)NCC1=CC=C(CN)CC1. The highest BCUT2D eigenvalue weighted by molar-refractivity contribution is 5.25. The molecule has 0 amide bonds. The summed E-state index contributed by atoms with van der Waals surface area (Å²) in [5.74, 6) is 0. The maximum absolute atomic E-state index is 9.01. The Morgan fingerprint density at radius 3 is 2.54 bits per heavy atom. The molecule has 3 nitrogen and oxygen atoms in total. The summed E-state index contributed by atoms with van der Waals surface area (Å²) in [5.41, 5.74) is 8.16. The summed E-state index contributed by atoms with van der Waals surface area (Å²) in [5, 5.41) is 12.0. The molecular weight excluding hydrogens is 164 g/mol. The first-order valence-corrected chi connectivity index (χ1v) is 4.71. The predicted molar refractivity (Wildman–Crippen MR) is 54.1 cm³/mol. The minimum atomic E-state index is -0.430. The van der Waals surface area contributed by atoms with Crippen molar-refractivity contribution in [2.24, 2.45) is 5.73 Å². The quantitative estimate of drug-likeness (QED) is 0.555. The van der Waals surface area contributed by atoms with Gasteiger partial charge in [-0.15, -0.1) is 0 Å². The van der Waals surface area contributed by atoms with Crippen LogP contribution in [-0.4, -0.2) is 24.4 Å². The lowest BCUT2D eigenvalue weighted by Crippen LogP contribution is -2.27. The molecule has 0 heterocycles. The van der Waals surface area contributed by atoms with Gasteiger partial charge < -0.3 is 10.8 Å². The maximum Gasteiger partial charge on any atom is 0.102 e. The van der Waals surface area contributed by atoms with Gasteiger partial charge in [0.25, 0.3) is 0 Å². The summed E-state index contributed by atoms with van der Waals surface area (Å²) in [6.07, 6.45) is 5.87. The Morgan fingerprint density at radius 2 is 2.08 bits per heavy atom. The summed E-state index contributed by atoms with van der Waals surface area (Å²) in [7, 11) is 0. The number of rotatable bonds is 4. The lowest BCUT2D eigenvalue weighted by atomic mass is 9.98. The van der Waals surface area contributed by atoms with E-state index in [1.54, 1.807) is 6.92 Å². The van der Waals surface area contributed by atoms with Crippen LogP contribution in [-0.2, 0) is 0 Å². The van der Waals surface area contributed by atoms with Crippen molar-refractivity contribution in [1.29, 1.82) is 0 Å². The van der Waals surface area contributed by atoms with Crippen molar-refractivity contribution in [1.82, 2.24) is 5.32 Å². The molecule has 0 aliphatic heterocycles. The van der Waals surface area contributed by atoms with Crippen molar-refractivity contribution < 1.29 is 5.11 Å². The zero-order valence-corrected chi connectivity index (χ0v) is 8.09. The standard InChI is InChI=1S/C10H18N2O/c1-8(13)12-7-10-4-2-9(6-11)3-5-10/h2,4,8,12-13H,3,5-7,11H2,1H3. The summed E-state index contributed by atoms with van der Waals surface area (Å²) in [6, 6.07) is 0. The second-order valence-electron chi connectivity index (χ2n) is 3.41. The molecule has 13 heavy (non-hydrogen) atoms. The molecule has 0 aromatic heterocycles. The highest BCUT2D eigenvalue weighted by Gasteiger charge is 2.05. The Morgan fingerprint density at radius 1 is 1.46 bits per heavy atom. The number of aliphatic hydroxyl groups is 1. The lowest BCUT2D eigenvalue weighted by Gasteiger charge is -2.15. The van der Waals surface area contributed by atoms with Gasteiger partial charge in [-0.1, -0.05) is 23.3 Å². The first-order chi connectivity index (χ1) is 6.22. The average Bonchev–Trinajstić information content (AvgIpc) is 2.15. The second-order valence-corrected chi connectivity index (χ2v) is 3.41. The highest BCUT2D eigenvalue weighted by atomic mass is 16.3. The van der Waals surface area contributed by atoms with Gasteiger partial charge >= 0.3 is 0 Å². The summed E-state index contributed by atoms with van der Waals surface area (Å²) < 4.78 is 0. The molecule has 0 aromatic carbocycles. The van der Waals surface area contributed by atoms with E-state index >= 15 is 0 Å². The average molecular weight is 182 g/mol. The van der Waals surface area contributed by atoms with E-state index in [4.69, 9.17) is 10.8 Å². The fraction of sp³-hybridized carbons (Fsp3) is 0.600. The molecule has 0 fully saturated rings. The van der Waals surface area contributed by atoms with E-state index in [0.717, 1.165) is 19.4 Å². The fourth-order valence-electron chi connectivity index (χ4n) is 1.32. The van der Waals surface area contributed by atoms with Crippen molar-refractivity contribution in [3.63, 3.8) is 0 Å². The number of nitrogens with two attached hydrogens (primary N) is 1. The van der Waals surface area contributed by atoms with Gasteiger partial charge in [0.05, 0.1) is 0 Å². The van der Waals surface area contributed by atoms with Crippen LogP contribution in [0.1, 0.15) is 19.8 Å². The largest absolute Gasteiger partial charge is 0.379 e. The molecule has 74 valence electrons. The zero-order valence-electron chi connectivity index (χ0n) is 8.09. The normalized spacial score (nSPS) is 19.3. The van der Waals surface area contributed by atoms with Gasteiger partial charge in [-0.05, 0) is 19.8 Å². The molecule has 3 heteroatoms. The molecule has 4 N–H and O–H groups in total. The number of aliphatic hydroxyl groups excluding tert-OH is 1. The van der Waals surface area contributed by atoms with Crippen molar-refractivity contribution in [2.45, 2.75) is 26.0 Å². The van der Waals surface area contributed by atoms with E-state index in [2.05, 4.69) is 17.5 Å². The Hall–Kier alpha value is -0.640. The third-order valence-corrected chi connectivity index (χ3v) is 2.21. The van der Waals surface area contributed by atoms with Gasteiger partial charge in [0.1, 0.15) is 6.23 Å². The third-order valence-electron chi connectivity index (χ3n) is 2.21. The number of nitrogens with one attached hydrogen (secondary N) is 1. The van der Waals surface area contributed by atoms with Crippen LogP contribution in [0.15, 0.2) is 23.3 Å². The first kappa shape index (κ1) is 10.4. The Labute approximate surface area is 79.3 Å². The first-order valence-electron chi connectivity index (χ1n) is 4.71. The molecule has 0 radical (unpaired) electrons. The Bertz CT molecular complexity index is 219. The summed E-state index contributed by atoms with van der Waals surface area (Å²) in [6.45, 7) is 3.16. The lowest BCUT2D eigenvalue weighted by molar-refractivity contribution is 0.160. The van der Waals surface area contributed by atoms with E-state index < -0.39 is 6.23 Å². The zero-order chi connectivity index (χ0) is 9.68. The third kappa shape index (κ3) is 3.72. The number of hydrogen-bond donors (Lipinski definition) is 3. The molecule has 1 atom stereocenters. The molecule has 0 bridgehead atoms. The van der Waals surface area contributed by atoms with E-state index in [-0.39, 0.29) is 0 Å². The van der Waals surface area contributed by atoms with Crippen LogP contribution in [0.5, 0.6) is 0 Å². The van der Waals surface area contributed by atoms with E-state index in [0.29, 0.717) is 6.54 Å². The van der Waals surface area contributed by atoms with Gasteiger partial charge in [0.15, 0.2) is 0 Å². The van der Waals surface area contributed by atoms with E-state index in [9.17, 15) is 0 Å². The monoisotopic (exact) mass is 182 g/mol. The molecule has 1 unspecified atom stereocenters. The van der Waals surface area contributed by atoms with E-state index in [1.165, 1.54) is 11.1 Å². The van der Waals surface area contributed by atoms with Crippen LogP contribution >= 0.6 is 0 Å². The van der Waals surface area contributed by atoms with Gasteiger partial charge in [-0.25, -0.2) is 0 Å². The molecule has 0 aromatic rings. The Balaban J connectivity index is 2.36. The van der Waals surface area contributed by atoms with Crippen molar-refractivity contribution in [3.8, 4) is 0 Å². The molecule has 1 rings (SSSR count). The molecule has 0 spiro atoms. The molecular formula is C10H18N2O. The van der Waals surface area contributed by atoms with Crippen LogP contribution < -0.4 is 11.1 Å². The molecule has 0 saturated carbocycles. The van der Waals surface area contributed by atoms with Crippen LogP contribution in [0.25, 0.3) is 0 Å². The second kappa shape index (κ2) is 5.17. The van der Waals surface area contributed by atoms with Crippen molar-refractivity contribution in [2.75, 3.05) is 13.1 Å². The molecule has 1 aliphatic carbocycles. The predicted octanol–water partition coefficient (Wildman–Crippen LogP) is 0.520. The maximum atomic E-state index is 9.01. The van der Waals surface area contributed by atoms with E-state index in [1.807, 2.05) is 0 Å². The van der Waals surface area contributed by atoms with Gasteiger partial charge in [-0.3, -0.25) is 5.32 Å². The number of allylic oxidation sites excluding steroid dienone is 2. The van der Waals surface area contributed by atoms with Crippen molar-refractivity contribution in [3.05, 3.63) is 23.3 Å². The fourth-order valence-corrected chi connectivity index (χ4v) is 1.32. The van der Waals surface area contributed by atoms with Crippen LogP contribution in [0, 0.1) is 0 Å². The minimum absolute atomic E-state index is 0.430. The van der Waals surface area contributed by atoms with Crippen LogP contribution in [0.2, 0.25) is 0 Å². The number of hydrogen-bond acceptors (Lipinski definition) is 3. The topological polar surface area (TPSA) is 58.3 Å². The molecule has 0 saturated heterocycles. The van der Waals surface area contributed by atoms with Gasteiger partial charge in [0, 0.05) is 13.1 Å². The summed E-state index contributed by atoms with van der Waals surface area (Å²) in [4.78, 5) is 0. The van der Waals surface area contributed by atoms with Gasteiger partial charge in [0.2, 0.25) is 0 Å². The van der Waals surface area contributed by atoms with Crippen LogP contribution in [0.3, 0.4) is 0 Å².